The summed E-state index contributed by atoms with van der Waals surface area (Å²) in [6.07, 6.45) is 0.955. The maximum absolute atomic E-state index is 12.8. The van der Waals surface area contributed by atoms with Gasteiger partial charge in [-0.05, 0) is 53.9 Å². The van der Waals surface area contributed by atoms with Gasteiger partial charge in [0.25, 0.3) is 0 Å². The van der Waals surface area contributed by atoms with E-state index in [9.17, 15) is 13.2 Å². The number of nitrogens with zero attached hydrogens (tertiary/aromatic N) is 1. The molecule has 0 radical (unpaired) electrons. The zero-order chi connectivity index (χ0) is 22.7. The van der Waals surface area contributed by atoms with E-state index >= 15 is 0 Å². The van der Waals surface area contributed by atoms with Gasteiger partial charge >= 0.3 is 0 Å². The molecular formula is C24H25ClN2O4S. The number of piperidine rings is 1. The van der Waals surface area contributed by atoms with Crippen molar-refractivity contribution >= 4 is 38.3 Å². The number of hydrogen-bond acceptors (Lipinski definition) is 4. The van der Waals surface area contributed by atoms with Gasteiger partial charge in [-0.2, -0.15) is 4.31 Å². The van der Waals surface area contributed by atoms with Gasteiger partial charge < -0.3 is 10.1 Å². The number of fused-ring (bicyclic) bond motifs is 1. The first kappa shape index (κ1) is 22.6. The van der Waals surface area contributed by atoms with Gasteiger partial charge in [0, 0.05) is 36.1 Å². The first-order chi connectivity index (χ1) is 15.4. The molecule has 0 aromatic heterocycles. The minimum atomic E-state index is -3.59. The molecule has 1 amide bonds. The lowest BCUT2D eigenvalue weighted by atomic mass is 9.97. The summed E-state index contributed by atoms with van der Waals surface area (Å²) in [7, 11) is -1.97. The van der Waals surface area contributed by atoms with Crippen LogP contribution in [0.2, 0.25) is 5.02 Å². The van der Waals surface area contributed by atoms with Crippen molar-refractivity contribution in [3.05, 3.63) is 71.2 Å². The number of ether oxygens (including phenoxy) is 1. The van der Waals surface area contributed by atoms with Crippen molar-refractivity contribution in [2.45, 2.75) is 24.3 Å². The van der Waals surface area contributed by atoms with E-state index in [4.69, 9.17) is 16.3 Å². The van der Waals surface area contributed by atoms with Crippen molar-refractivity contribution < 1.29 is 17.9 Å². The molecule has 3 aromatic rings. The second kappa shape index (κ2) is 9.48. The molecule has 1 fully saturated rings. The molecule has 32 heavy (non-hydrogen) atoms. The fourth-order valence-corrected chi connectivity index (χ4v) is 5.72. The van der Waals surface area contributed by atoms with Crippen LogP contribution in [-0.4, -0.2) is 38.8 Å². The van der Waals surface area contributed by atoms with E-state index < -0.39 is 10.0 Å². The van der Waals surface area contributed by atoms with Gasteiger partial charge in [-0.25, -0.2) is 8.42 Å². The average Bonchev–Trinajstić information content (AvgIpc) is 2.82. The van der Waals surface area contributed by atoms with E-state index in [-0.39, 0.29) is 16.7 Å². The lowest BCUT2D eigenvalue weighted by Crippen LogP contribution is -2.42. The Morgan fingerprint density at radius 1 is 1.06 bits per heavy atom. The Balaban J connectivity index is 1.40. The summed E-state index contributed by atoms with van der Waals surface area (Å²) < 4.78 is 32.6. The van der Waals surface area contributed by atoms with E-state index in [1.54, 1.807) is 19.2 Å². The molecule has 8 heteroatoms. The lowest BCUT2D eigenvalue weighted by Gasteiger charge is -2.30. The molecule has 168 valence electrons. The lowest BCUT2D eigenvalue weighted by molar-refractivity contribution is -0.126. The number of sulfonamides is 1. The average molecular weight is 473 g/mol. The fourth-order valence-electron chi connectivity index (χ4n) is 4.12. The van der Waals surface area contributed by atoms with Crippen LogP contribution in [0.15, 0.2) is 65.6 Å². The summed E-state index contributed by atoms with van der Waals surface area (Å²) in [5.41, 5.74) is 0.932. The van der Waals surface area contributed by atoms with Gasteiger partial charge in [0.15, 0.2) is 0 Å². The minimum Gasteiger partial charge on any atom is -0.496 e. The molecule has 3 aromatic carbocycles. The maximum Gasteiger partial charge on any atom is 0.243 e. The smallest absolute Gasteiger partial charge is 0.243 e. The zero-order valence-corrected chi connectivity index (χ0v) is 19.3. The molecule has 0 aliphatic carbocycles. The van der Waals surface area contributed by atoms with Crippen LogP contribution in [-0.2, 0) is 21.4 Å². The maximum atomic E-state index is 12.8. The molecule has 0 unspecified atom stereocenters. The molecule has 6 nitrogen and oxygen atoms in total. The second-order valence-corrected chi connectivity index (χ2v) is 10.2. The number of methoxy groups -OCH3 is 1. The van der Waals surface area contributed by atoms with Gasteiger partial charge in [-0.3, -0.25) is 4.79 Å². The van der Waals surface area contributed by atoms with Crippen LogP contribution in [0, 0.1) is 5.92 Å². The Morgan fingerprint density at radius 3 is 2.44 bits per heavy atom. The molecule has 0 bridgehead atoms. The molecule has 1 N–H and O–H groups in total. The Hall–Kier alpha value is -2.61. The number of carbonyl (C=O) groups is 1. The normalized spacial score (nSPS) is 15.6. The number of halogens is 1. The van der Waals surface area contributed by atoms with Crippen molar-refractivity contribution in [2.24, 2.45) is 5.92 Å². The molecule has 0 spiro atoms. The third-order valence-electron chi connectivity index (χ3n) is 5.93. The fraction of sp³-hybridized carbons (Fsp3) is 0.292. The molecule has 1 aliphatic heterocycles. The van der Waals surface area contributed by atoms with E-state index in [0.29, 0.717) is 37.5 Å². The molecule has 0 atom stereocenters. The Kier molecular flexibility index (Phi) is 6.69. The summed E-state index contributed by atoms with van der Waals surface area (Å²) in [6, 6.07) is 18.0. The van der Waals surface area contributed by atoms with E-state index in [1.807, 2.05) is 36.4 Å². The monoisotopic (exact) mass is 472 g/mol. The van der Waals surface area contributed by atoms with Crippen LogP contribution in [0.25, 0.3) is 10.8 Å². The number of carbonyl (C=O) groups excluding carboxylic acids is 1. The van der Waals surface area contributed by atoms with Gasteiger partial charge in [-0.1, -0.05) is 41.9 Å². The molecule has 1 saturated heterocycles. The SMILES string of the molecule is COc1ccc2ccccc2c1CNC(=O)C1CCN(S(=O)(=O)c2ccc(Cl)cc2)CC1. The molecule has 4 rings (SSSR count). The highest BCUT2D eigenvalue weighted by atomic mass is 35.5. The number of benzene rings is 3. The highest BCUT2D eigenvalue weighted by Crippen LogP contribution is 2.29. The third-order valence-corrected chi connectivity index (χ3v) is 8.10. The number of amides is 1. The van der Waals surface area contributed by atoms with Gasteiger partial charge in [0.1, 0.15) is 5.75 Å². The summed E-state index contributed by atoms with van der Waals surface area (Å²) >= 11 is 5.87. The van der Waals surface area contributed by atoms with Crippen LogP contribution < -0.4 is 10.1 Å². The van der Waals surface area contributed by atoms with E-state index in [1.165, 1.54) is 16.4 Å². The van der Waals surface area contributed by atoms with E-state index in [0.717, 1.165) is 22.1 Å². The summed E-state index contributed by atoms with van der Waals surface area (Å²) in [4.78, 5) is 13.1. The van der Waals surface area contributed by atoms with Gasteiger partial charge in [0.2, 0.25) is 15.9 Å². The van der Waals surface area contributed by atoms with Gasteiger partial charge in [0.05, 0.1) is 12.0 Å². The molecular weight excluding hydrogens is 448 g/mol. The predicted octanol–water partition coefficient (Wildman–Crippen LogP) is 4.22. The molecule has 1 aliphatic rings. The summed E-state index contributed by atoms with van der Waals surface area (Å²) in [5, 5.41) is 5.63. The first-order valence-electron chi connectivity index (χ1n) is 10.5. The van der Waals surface area contributed by atoms with Gasteiger partial charge in [-0.15, -0.1) is 0 Å². The van der Waals surface area contributed by atoms with Crippen molar-refractivity contribution in [2.75, 3.05) is 20.2 Å². The third kappa shape index (κ3) is 4.60. The standard InChI is InChI=1S/C24H25ClN2O4S/c1-31-23-11-6-17-4-2-3-5-21(17)22(23)16-26-24(28)18-12-14-27(15-13-18)32(29,30)20-9-7-19(25)8-10-20/h2-11,18H,12-16H2,1H3,(H,26,28). The number of rotatable bonds is 6. The zero-order valence-electron chi connectivity index (χ0n) is 17.8. The highest BCUT2D eigenvalue weighted by molar-refractivity contribution is 7.89. The van der Waals surface area contributed by atoms with E-state index in [2.05, 4.69) is 5.32 Å². The van der Waals surface area contributed by atoms with Crippen LogP contribution >= 0.6 is 11.6 Å². The second-order valence-electron chi connectivity index (χ2n) is 7.82. The number of hydrogen-bond donors (Lipinski definition) is 1. The summed E-state index contributed by atoms with van der Waals surface area (Å²) in [6.45, 7) is 0.966. The predicted molar refractivity (Wildman–Crippen MR) is 125 cm³/mol. The topological polar surface area (TPSA) is 75.7 Å². The van der Waals surface area contributed by atoms with Crippen molar-refractivity contribution in [1.82, 2.24) is 9.62 Å². The van der Waals surface area contributed by atoms with Crippen molar-refractivity contribution in [3.8, 4) is 5.75 Å². The van der Waals surface area contributed by atoms with Crippen LogP contribution in [0.4, 0.5) is 0 Å². The highest BCUT2D eigenvalue weighted by Gasteiger charge is 2.32. The summed E-state index contributed by atoms with van der Waals surface area (Å²) in [5.74, 6) is 0.434. The Labute approximate surface area is 193 Å². The number of nitrogens with one attached hydrogen (secondary N) is 1. The van der Waals surface area contributed by atoms with Crippen molar-refractivity contribution in [3.63, 3.8) is 0 Å². The largest absolute Gasteiger partial charge is 0.496 e. The first-order valence-corrected chi connectivity index (χ1v) is 12.3. The quantitative estimate of drug-likeness (QED) is 0.582. The van der Waals surface area contributed by atoms with Crippen molar-refractivity contribution in [1.29, 1.82) is 0 Å². The van der Waals surface area contributed by atoms with Crippen LogP contribution in [0.5, 0.6) is 5.75 Å². The molecule has 0 saturated carbocycles. The minimum absolute atomic E-state index is 0.0662. The Bertz CT molecular complexity index is 1220. The Morgan fingerprint density at radius 2 is 1.75 bits per heavy atom. The van der Waals surface area contributed by atoms with Crippen LogP contribution in [0.3, 0.4) is 0 Å². The molecule has 1 heterocycles. The van der Waals surface area contributed by atoms with Crippen LogP contribution in [0.1, 0.15) is 18.4 Å².